The van der Waals surface area contributed by atoms with E-state index in [2.05, 4.69) is 43.2 Å². The Morgan fingerprint density at radius 2 is 1.95 bits per heavy atom. The summed E-state index contributed by atoms with van der Waals surface area (Å²) in [7, 11) is 1.86. The van der Waals surface area contributed by atoms with Crippen molar-refractivity contribution in [3.8, 4) is 5.75 Å². The maximum absolute atomic E-state index is 5.93. The second-order valence-corrected chi connectivity index (χ2v) is 4.79. The summed E-state index contributed by atoms with van der Waals surface area (Å²) in [6.07, 6.45) is 1.79. The zero-order valence-corrected chi connectivity index (χ0v) is 11.9. The molecule has 2 rings (SSSR count). The second-order valence-electron chi connectivity index (χ2n) is 4.79. The van der Waals surface area contributed by atoms with Gasteiger partial charge in [-0.25, -0.2) is 4.98 Å². The lowest BCUT2D eigenvalue weighted by Gasteiger charge is -2.12. The van der Waals surface area contributed by atoms with Gasteiger partial charge in [0.2, 0.25) is 0 Å². The Kier molecular flexibility index (Phi) is 4.05. The molecular formula is C16H20N2O. The third-order valence-electron chi connectivity index (χ3n) is 3.24. The number of nitrogens with one attached hydrogen (secondary N) is 1. The number of benzene rings is 1. The van der Waals surface area contributed by atoms with Gasteiger partial charge in [0.1, 0.15) is 18.2 Å². The molecule has 0 amide bonds. The van der Waals surface area contributed by atoms with Crippen molar-refractivity contribution < 1.29 is 4.74 Å². The Hall–Kier alpha value is -2.03. The van der Waals surface area contributed by atoms with Crippen molar-refractivity contribution in [2.24, 2.45) is 0 Å². The lowest BCUT2D eigenvalue weighted by molar-refractivity contribution is 0.303. The fourth-order valence-electron chi connectivity index (χ4n) is 2.01. The van der Waals surface area contributed by atoms with Crippen molar-refractivity contribution in [2.75, 3.05) is 12.4 Å². The summed E-state index contributed by atoms with van der Waals surface area (Å²) < 4.78 is 5.93. The van der Waals surface area contributed by atoms with Crippen LogP contribution in [0.4, 0.5) is 5.82 Å². The first-order valence-corrected chi connectivity index (χ1v) is 6.43. The summed E-state index contributed by atoms with van der Waals surface area (Å²) in [5.74, 6) is 1.82. The van der Waals surface area contributed by atoms with Gasteiger partial charge in [0.15, 0.2) is 0 Å². The maximum Gasteiger partial charge on any atom is 0.126 e. The highest BCUT2D eigenvalue weighted by Crippen LogP contribution is 2.24. The Labute approximate surface area is 114 Å². The molecule has 0 fully saturated rings. The molecule has 1 aromatic heterocycles. The first-order chi connectivity index (χ1) is 9.10. The van der Waals surface area contributed by atoms with Gasteiger partial charge in [0, 0.05) is 13.2 Å². The minimum absolute atomic E-state index is 0.556. The third-order valence-corrected chi connectivity index (χ3v) is 3.24. The van der Waals surface area contributed by atoms with Crippen molar-refractivity contribution in [2.45, 2.75) is 27.4 Å². The van der Waals surface area contributed by atoms with Crippen LogP contribution in [0.5, 0.6) is 5.75 Å². The van der Waals surface area contributed by atoms with Gasteiger partial charge in [-0.3, -0.25) is 0 Å². The van der Waals surface area contributed by atoms with Gasteiger partial charge < -0.3 is 10.1 Å². The van der Waals surface area contributed by atoms with E-state index in [1.807, 2.05) is 19.2 Å². The van der Waals surface area contributed by atoms with Gasteiger partial charge in [0.05, 0.1) is 0 Å². The van der Waals surface area contributed by atoms with Crippen LogP contribution in [0.1, 0.15) is 22.3 Å². The molecule has 0 unspecified atom stereocenters. The number of anilines is 1. The number of pyridine rings is 1. The van der Waals surface area contributed by atoms with E-state index >= 15 is 0 Å². The standard InChI is InChI=1S/C16H20N2O/c1-11-7-12(2)13(3)15(8-11)19-10-14-5-6-18-16(9-14)17-4/h5-9H,10H2,1-4H3,(H,17,18). The first kappa shape index (κ1) is 13.4. The molecular weight excluding hydrogens is 236 g/mol. The molecule has 100 valence electrons. The van der Waals surface area contributed by atoms with Crippen LogP contribution in [-0.4, -0.2) is 12.0 Å². The molecule has 3 nitrogen and oxygen atoms in total. The summed E-state index contributed by atoms with van der Waals surface area (Å²) >= 11 is 0. The molecule has 0 saturated carbocycles. The monoisotopic (exact) mass is 256 g/mol. The molecule has 0 atom stereocenters. The maximum atomic E-state index is 5.93. The van der Waals surface area contributed by atoms with Gasteiger partial charge in [-0.2, -0.15) is 0 Å². The highest BCUT2D eigenvalue weighted by atomic mass is 16.5. The average Bonchev–Trinajstić information content (AvgIpc) is 2.41. The summed E-state index contributed by atoms with van der Waals surface area (Å²) in [6, 6.07) is 8.23. The minimum Gasteiger partial charge on any atom is -0.489 e. The summed E-state index contributed by atoms with van der Waals surface area (Å²) in [6.45, 7) is 6.85. The quantitative estimate of drug-likeness (QED) is 0.907. The molecule has 1 aromatic carbocycles. The average molecular weight is 256 g/mol. The third kappa shape index (κ3) is 3.25. The van der Waals surface area contributed by atoms with E-state index in [0.29, 0.717) is 6.61 Å². The van der Waals surface area contributed by atoms with Gasteiger partial charge in [-0.05, 0) is 61.2 Å². The minimum atomic E-state index is 0.556. The van der Waals surface area contributed by atoms with Gasteiger partial charge in [-0.1, -0.05) is 6.07 Å². The van der Waals surface area contributed by atoms with Gasteiger partial charge >= 0.3 is 0 Å². The number of hydrogen-bond donors (Lipinski definition) is 1. The van der Waals surface area contributed by atoms with Gasteiger partial charge in [-0.15, -0.1) is 0 Å². The SMILES string of the molecule is CNc1cc(COc2cc(C)cc(C)c2C)ccn1. The van der Waals surface area contributed by atoms with Crippen LogP contribution in [0.25, 0.3) is 0 Å². The van der Waals surface area contributed by atoms with Crippen LogP contribution in [0, 0.1) is 20.8 Å². The molecule has 3 heteroatoms. The number of hydrogen-bond acceptors (Lipinski definition) is 3. The largest absolute Gasteiger partial charge is 0.489 e. The smallest absolute Gasteiger partial charge is 0.126 e. The molecule has 0 aliphatic carbocycles. The molecule has 1 N–H and O–H groups in total. The van der Waals surface area contributed by atoms with E-state index in [9.17, 15) is 0 Å². The van der Waals surface area contributed by atoms with E-state index in [-0.39, 0.29) is 0 Å². The zero-order valence-electron chi connectivity index (χ0n) is 11.9. The highest BCUT2D eigenvalue weighted by Gasteiger charge is 2.04. The van der Waals surface area contributed by atoms with Gasteiger partial charge in [0.25, 0.3) is 0 Å². The van der Waals surface area contributed by atoms with E-state index in [0.717, 1.165) is 17.1 Å². The van der Waals surface area contributed by atoms with Crippen molar-refractivity contribution in [1.82, 2.24) is 4.98 Å². The number of aryl methyl sites for hydroxylation is 2. The predicted octanol–water partition coefficient (Wildman–Crippen LogP) is 3.63. The Bertz CT molecular complexity index is 579. The summed E-state index contributed by atoms with van der Waals surface area (Å²) in [5.41, 5.74) is 4.80. The predicted molar refractivity (Wildman–Crippen MR) is 78.8 cm³/mol. The zero-order chi connectivity index (χ0) is 13.8. The molecule has 2 aromatic rings. The normalized spacial score (nSPS) is 10.3. The number of nitrogens with zero attached hydrogens (tertiary/aromatic N) is 1. The molecule has 0 radical (unpaired) electrons. The van der Waals surface area contributed by atoms with Crippen LogP contribution in [0.3, 0.4) is 0 Å². The number of rotatable bonds is 4. The van der Waals surface area contributed by atoms with Crippen LogP contribution < -0.4 is 10.1 Å². The van der Waals surface area contributed by atoms with Crippen molar-refractivity contribution in [3.63, 3.8) is 0 Å². The molecule has 0 aliphatic rings. The Morgan fingerprint density at radius 1 is 1.16 bits per heavy atom. The van der Waals surface area contributed by atoms with E-state index in [1.165, 1.54) is 16.7 Å². The molecule has 0 aliphatic heterocycles. The second kappa shape index (κ2) is 5.74. The molecule has 0 saturated heterocycles. The number of aromatic nitrogens is 1. The Balaban J connectivity index is 2.14. The van der Waals surface area contributed by atoms with Crippen molar-refractivity contribution in [1.29, 1.82) is 0 Å². The molecule has 1 heterocycles. The van der Waals surface area contributed by atoms with Crippen LogP contribution >= 0.6 is 0 Å². The highest BCUT2D eigenvalue weighted by molar-refractivity contribution is 5.42. The summed E-state index contributed by atoms with van der Waals surface area (Å²) in [5, 5.41) is 3.03. The van der Waals surface area contributed by atoms with Crippen molar-refractivity contribution in [3.05, 3.63) is 52.7 Å². The fourth-order valence-corrected chi connectivity index (χ4v) is 2.01. The molecule has 19 heavy (non-hydrogen) atoms. The van der Waals surface area contributed by atoms with E-state index in [1.54, 1.807) is 6.20 Å². The first-order valence-electron chi connectivity index (χ1n) is 6.43. The lowest BCUT2D eigenvalue weighted by Crippen LogP contribution is -2.00. The van der Waals surface area contributed by atoms with E-state index in [4.69, 9.17) is 4.74 Å². The van der Waals surface area contributed by atoms with Crippen LogP contribution in [0.15, 0.2) is 30.5 Å². The molecule has 0 bridgehead atoms. The van der Waals surface area contributed by atoms with Crippen LogP contribution in [-0.2, 0) is 6.61 Å². The van der Waals surface area contributed by atoms with Crippen molar-refractivity contribution >= 4 is 5.82 Å². The lowest BCUT2D eigenvalue weighted by atomic mass is 10.1. The van der Waals surface area contributed by atoms with E-state index < -0.39 is 0 Å². The topological polar surface area (TPSA) is 34.1 Å². The molecule has 0 spiro atoms. The Morgan fingerprint density at radius 3 is 2.68 bits per heavy atom. The summed E-state index contributed by atoms with van der Waals surface area (Å²) in [4.78, 5) is 4.19. The van der Waals surface area contributed by atoms with Crippen LogP contribution in [0.2, 0.25) is 0 Å². The number of ether oxygens (including phenoxy) is 1. The fraction of sp³-hybridized carbons (Fsp3) is 0.312.